The summed E-state index contributed by atoms with van der Waals surface area (Å²) in [5.74, 6) is 0.648. The van der Waals surface area contributed by atoms with Crippen LogP contribution in [0.5, 0.6) is 0 Å². The fourth-order valence-electron chi connectivity index (χ4n) is 2.38. The van der Waals surface area contributed by atoms with E-state index in [1.54, 1.807) is 0 Å². The third-order valence-corrected chi connectivity index (χ3v) is 5.68. The van der Waals surface area contributed by atoms with E-state index in [0.717, 1.165) is 26.1 Å². The van der Waals surface area contributed by atoms with Crippen molar-refractivity contribution in [2.45, 2.75) is 25.2 Å². The summed E-state index contributed by atoms with van der Waals surface area (Å²) in [6.45, 7) is 7.68. The second-order valence-electron chi connectivity index (χ2n) is 5.80. The van der Waals surface area contributed by atoms with Gasteiger partial charge in [0.05, 0.1) is 0 Å². The molecule has 1 aromatic rings. The zero-order valence-electron chi connectivity index (χ0n) is 12.6. The molecule has 1 saturated heterocycles. The first kappa shape index (κ1) is 16.2. The van der Waals surface area contributed by atoms with Crippen LogP contribution in [0.15, 0.2) is 28.2 Å². The second-order valence-corrected chi connectivity index (χ2v) is 7.71. The molecule has 1 fully saturated rings. The van der Waals surface area contributed by atoms with Crippen LogP contribution in [-0.2, 0) is 10.0 Å². The van der Waals surface area contributed by atoms with Crippen molar-refractivity contribution in [3.8, 4) is 0 Å². The van der Waals surface area contributed by atoms with Crippen molar-refractivity contribution in [1.29, 1.82) is 0 Å². The molecular formula is C14H23N3O3S. The molecule has 0 spiro atoms. The Balaban J connectivity index is 2.02. The van der Waals surface area contributed by atoms with Crippen molar-refractivity contribution in [2.24, 2.45) is 5.92 Å². The molecule has 0 saturated carbocycles. The Hall–Kier alpha value is -1.18. The minimum atomic E-state index is -3.68. The monoisotopic (exact) mass is 313 g/mol. The molecule has 0 radical (unpaired) electrons. The van der Waals surface area contributed by atoms with Crippen molar-refractivity contribution >= 4 is 10.0 Å². The van der Waals surface area contributed by atoms with Crippen LogP contribution >= 0.6 is 0 Å². The lowest BCUT2D eigenvalue weighted by atomic mass is 10.1. The Labute approximate surface area is 125 Å². The smallest absolute Gasteiger partial charge is 0.248 e. The average Bonchev–Trinajstić information content (AvgIpc) is 2.46. The Kier molecular flexibility index (Phi) is 5.18. The molecule has 1 aliphatic heterocycles. The average molecular weight is 313 g/mol. The lowest BCUT2D eigenvalue weighted by Gasteiger charge is -2.34. The van der Waals surface area contributed by atoms with E-state index in [2.05, 4.69) is 23.7 Å². The highest BCUT2D eigenvalue weighted by atomic mass is 32.2. The van der Waals surface area contributed by atoms with Crippen LogP contribution in [0.25, 0.3) is 0 Å². The maximum absolute atomic E-state index is 12.5. The van der Waals surface area contributed by atoms with Crippen molar-refractivity contribution < 1.29 is 8.42 Å². The van der Waals surface area contributed by atoms with E-state index in [1.807, 2.05) is 0 Å². The highest BCUT2D eigenvalue weighted by Crippen LogP contribution is 2.14. The number of piperazine rings is 1. The molecule has 6 nitrogen and oxygen atoms in total. The molecule has 118 valence electrons. The van der Waals surface area contributed by atoms with Crippen LogP contribution < -0.4 is 5.43 Å². The van der Waals surface area contributed by atoms with E-state index in [-0.39, 0.29) is 4.90 Å². The van der Waals surface area contributed by atoms with Gasteiger partial charge in [-0.25, -0.2) is 8.42 Å². The Bertz CT molecular complexity index is 616. The third-order valence-electron chi connectivity index (χ3n) is 3.76. The number of aromatic nitrogens is 1. The van der Waals surface area contributed by atoms with E-state index in [0.29, 0.717) is 19.0 Å². The van der Waals surface area contributed by atoms with Gasteiger partial charge >= 0.3 is 0 Å². The van der Waals surface area contributed by atoms with Gasteiger partial charge in [0.1, 0.15) is 4.90 Å². The quantitative estimate of drug-likeness (QED) is 0.869. The van der Waals surface area contributed by atoms with E-state index in [4.69, 9.17) is 0 Å². The molecular weight excluding hydrogens is 290 g/mol. The first-order valence-electron chi connectivity index (χ1n) is 7.31. The molecule has 0 atom stereocenters. The predicted molar refractivity (Wildman–Crippen MR) is 81.7 cm³/mol. The summed E-state index contributed by atoms with van der Waals surface area (Å²) in [7, 11) is -3.68. The van der Waals surface area contributed by atoms with Crippen LogP contribution in [0.4, 0.5) is 0 Å². The summed E-state index contributed by atoms with van der Waals surface area (Å²) in [5, 5.41) is 0. The van der Waals surface area contributed by atoms with Crippen LogP contribution in [0.2, 0.25) is 0 Å². The minimum Gasteiger partial charge on any atom is -0.366 e. The van der Waals surface area contributed by atoms with E-state index < -0.39 is 15.5 Å². The number of nitrogens with one attached hydrogen (secondary N) is 1. The lowest BCUT2D eigenvalue weighted by molar-refractivity contribution is 0.180. The molecule has 7 heteroatoms. The fraction of sp³-hybridized carbons (Fsp3) is 0.643. The third kappa shape index (κ3) is 3.93. The van der Waals surface area contributed by atoms with Crippen molar-refractivity contribution in [1.82, 2.24) is 14.2 Å². The number of sulfonamides is 1. The number of nitrogens with zero attached hydrogens (tertiary/aromatic N) is 2. The van der Waals surface area contributed by atoms with Gasteiger partial charge in [0.2, 0.25) is 15.5 Å². The van der Waals surface area contributed by atoms with Gasteiger partial charge in [-0.05, 0) is 18.9 Å². The highest BCUT2D eigenvalue weighted by molar-refractivity contribution is 7.89. The predicted octanol–water partition coefficient (Wildman–Crippen LogP) is 0.727. The van der Waals surface area contributed by atoms with Gasteiger partial charge in [0.15, 0.2) is 0 Å². The zero-order chi connectivity index (χ0) is 15.5. The van der Waals surface area contributed by atoms with E-state index in [1.165, 1.54) is 22.8 Å². The molecule has 2 rings (SSSR count). The number of pyridine rings is 1. The van der Waals surface area contributed by atoms with Gasteiger partial charge in [-0.3, -0.25) is 4.79 Å². The first-order valence-corrected chi connectivity index (χ1v) is 8.75. The molecule has 0 aromatic carbocycles. The second kappa shape index (κ2) is 6.72. The van der Waals surface area contributed by atoms with Gasteiger partial charge < -0.3 is 9.88 Å². The molecule has 0 aliphatic carbocycles. The van der Waals surface area contributed by atoms with Gasteiger partial charge in [-0.1, -0.05) is 13.8 Å². The molecule has 0 unspecified atom stereocenters. The Morgan fingerprint density at radius 3 is 2.48 bits per heavy atom. The summed E-state index contributed by atoms with van der Waals surface area (Å²) < 4.78 is 26.3. The van der Waals surface area contributed by atoms with E-state index >= 15 is 0 Å². The number of hydrogen-bond donors (Lipinski definition) is 1. The van der Waals surface area contributed by atoms with Crippen LogP contribution in [0.3, 0.4) is 0 Å². The number of rotatable bonds is 5. The maximum Gasteiger partial charge on any atom is 0.248 e. The lowest BCUT2D eigenvalue weighted by Crippen LogP contribution is -2.49. The normalized spacial score (nSPS) is 18.2. The molecule has 1 aromatic heterocycles. The van der Waals surface area contributed by atoms with Crippen LogP contribution in [0.1, 0.15) is 20.3 Å². The summed E-state index contributed by atoms with van der Waals surface area (Å²) >= 11 is 0. The summed E-state index contributed by atoms with van der Waals surface area (Å²) in [6, 6.07) is 1.24. The molecule has 0 bridgehead atoms. The first-order chi connectivity index (χ1) is 9.91. The molecule has 1 N–H and O–H groups in total. The van der Waals surface area contributed by atoms with Gasteiger partial charge in [0, 0.05) is 44.6 Å². The zero-order valence-corrected chi connectivity index (χ0v) is 13.4. The highest BCUT2D eigenvalue weighted by Gasteiger charge is 2.29. The van der Waals surface area contributed by atoms with Crippen LogP contribution in [0, 0.1) is 5.92 Å². The molecule has 21 heavy (non-hydrogen) atoms. The van der Waals surface area contributed by atoms with Crippen molar-refractivity contribution in [2.75, 3.05) is 32.7 Å². The number of H-pyrrole nitrogens is 1. The fourth-order valence-corrected chi connectivity index (χ4v) is 3.84. The van der Waals surface area contributed by atoms with Gasteiger partial charge in [-0.15, -0.1) is 0 Å². The van der Waals surface area contributed by atoms with Crippen molar-refractivity contribution in [3.05, 3.63) is 28.7 Å². The molecule has 1 aliphatic rings. The standard InChI is InChI=1S/C14H23N3O3S/c1-12(2)4-6-16-7-9-17(10-8-16)21(19,20)14-11-15-5-3-13(14)18/h3,5,11-12H,4,6-10H2,1-2H3,(H,15,18). The van der Waals surface area contributed by atoms with Crippen LogP contribution in [-0.4, -0.2) is 55.3 Å². The topological polar surface area (TPSA) is 73.5 Å². The summed E-state index contributed by atoms with van der Waals surface area (Å²) in [6.07, 6.45) is 3.82. The SMILES string of the molecule is CC(C)CCN1CCN(S(=O)(=O)c2c[nH]ccc2=O)CC1. The minimum absolute atomic E-state index is 0.166. The number of aromatic amines is 1. The Morgan fingerprint density at radius 1 is 1.24 bits per heavy atom. The Morgan fingerprint density at radius 2 is 1.90 bits per heavy atom. The number of hydrogen-bond acceptors (Lipinski definition) is 4. The summed E-state index contributed by atoms with van der Waals surface area (Å²) in [4.78, 5) is 16.5. The molecule has 2 heterocycles. The molecule has 0 amide bonds. The van der Waals surface area contributed by atoms with E-state index in [9.17, 15) is 13.2 Å². The van der Waals surface area contributed by atoms with Crippen molar-refractivity contribution in [3.63, 3.8) is 0 Å². The van der Waals surface area contributed by atoms with Gasteiger partial charge in [-0.2, -0.15) is 4.31 Å². The largest absolute Gasteiger partial charge is 0.366 e. The maximum atomic E-state index is 12.5. The van der Waals surface area contributed by atoms with Gasteiger partial charge in [0.25, 0.3) is 0 Å². The summed E-state index contributed by atoms with van der Waals surface area (Å²) in [5.41, 5.74) is -0.462.